The summed E-state index contributed by atoms with van der Waals surface area (Å²) < 4.78 is 25.0. The number of rotatable bonds is 7. The number of hydrogen-bond donors (Lipinski definition) is 2. The van der Waals surface area contributed by atoms with Crippen molar-refractivity contribution in [2.45, 2.75) is 39.5 Å². The van der Waals surface area contributed by atoms with Gasteiger partial charge in [-0.1, -0.05) is 13.8 Å². The molecule has 2 N–H and O–H groups in total. The zero-order valence-electron chi connectivity index (χ0n) is 16.3. The van der Waals surface area contributed by atoms with Crippen LogP contribution in [-0.4, -0.2) is 81.5 Å². The highest BCUT2D eigenvalue weighted by Crippen LogP contribution is 2.14. The fraction of sp³-hybridized carbons (Fsp3) is 0.882. The van der Waals surface area contributed by atoms with Gasteiger partial charge < -0.3 is 15.5 Å². The summed E-state index contributed by atoms with van der Waals surface area (Å²) in [6, 6.07) is 0. The first-order valence-corrected chi connectivity index (χ1v) is 11.3. The molecule has 1 atom stereocenters. The van der Waals surface area contributed by atoms with Gasteiger partial charge in [0.1, 0.15) is 0 Å². The summed E-state index contributed by atoms with van der Waals surface area (Å²) in [5.74, 6) is -0.413. The van der Waals surface area contributed by atoms with Gasteiger partial charge in [-0.3, -0.25) is 9.59 Å². The number of amides is 2. The molecular weight excluding hydrogens is 356 g/mol. The van der Waals surface area contributed by atoms with Gasteiger partial charge in [0, 0.05) is 45.1 Å². The van der Waals surface area contributed by atoms with Gasteiger partial charge in [-0.25, -0.2) is 12.7 Å². The number of sulfonamides is 1. The summed E-state index contributed by atoms with van der Waals surface area (Å²) >= 11 is 0. The molecule has 1 unspecified atom stereocenters. The normalized spacial score (nSPS) is 21.1. The first kappa shape index (κ1) is 22.9. The van der Waals surface area contributed by atoms with Crippen molar-refractivity contribution in [3.8, 4) is 0 Å². The summed E-state index contributed by atoms with van der Waals surface area (Å²) in [4.78, 5) is 26.6. The first-order valence-electron chi connectivity index (χ1n) is 9.49. The average Bonchev–Trinajstić information content (AvgIpc) is 2.62. The van der Waals surface area contributed by atoms with E-state index in [9.17, 15) is 18.0 Å². The lowest BCUT2D eigenvalue weighted by molar-refractivity contribution is -0.126. The van der Waals surface area contributed by atoms with Gasteiger partial charge in [-0.05, 0) is 32.4 Å². The molecule has 0 radical (unpaired) electrons. The summed E-state index contributed by atoms with van der Waals surface area (Å²) in [5.41, 5.74) is 0. The Balaban J connectivity index is 2.61. The van der Waals surface area contributed by atoms with E-state index in [0.717, 1.165) is 25.9 Å². The predicted octanol–water partition coefficient (Wildman–Crippen LogP) is 0.0124. The molecule has 1 aliphatic rings. The van der Waals surface area contributed by atoms with E-state index in [-0.39, 0.29) is 30.7 Å². The van der Waals surface area contributed by atoms with Gasteiger partial charge in [-0.15, -0.1) is 0 Å². The Morgan fingerprint density at radius 1 is 1.27 bits per heavy atom. The number of carbonyl (C=O) groups is 2. The Morgan fingerprint density at radius 2 is 1.96 bits per heavy atom. The SMILES string of the molecule is CCN(CC)CCNC(=O)C1CCCN(S(C)(=O)=O)CCC(=O)NCC1. The topological polar surface area (TPSA) is 98.8 Å². The fourth-order valence-corrected chi connectivity index (χ4v) is 3.97. The van der Waals surface area contributed by atoms with Crippen LogP contribution >= 0.6 is 0 Å². The molecule has 2 amide bonds. The lowest BCUT2D eigenvalue weighted by Crippen LogP contribution is -2.38. The van der Waals surface area contributed by atoms with E-state index >= 15 is 0 Å². The van der Waals surface area contributed by atoms with Crippen molar-refractivity contribution < 1.29 is 18.0 Å². The highest BCUT2D eigenvalue weighted by atomic mass is 32.2. The third-order valence-corrected chi connectivity index (χ3v) is 6.13. The molecule has 0 aliphatic carbocycles. The van der Waals surface area contributed by atoms with Gasteiger partial charge >= 0.3 is 0 Å². The molecule has 0 spiro atoms. The Hall–Kier alpha value is -1.19. The predicted molar refractivity (Wildman–Crippen MR) is 102 cm³/mol. The van der Waals surface area contributed by atoms with Crippen molar-refractivity contribution in [3.05, 3.63) is 0 Å². The molecule has 0 bridgehead atoms. The standard InChI is InChI=1S/C17H34N4O4S/c1-4-20(5-2)14-11-19-17(23)15-7-6-12-21(26(3,24)25)13-9-16(22)18-10-8-15/h15H,4-14H2,1-3H3,(H,18,22)(H,19,23). The van der Waals surface area contributed by atoms with Crippen LogP contribution in [0, 0.1) is 5.92 Å². The highest BCUT2D eigenvalue weighted by molar-refractivity contribution is 7.88. The van der Waals surface area contributed by atoms with Crippen molar-refractivity contribution in [2.75, 3.05) is 52.1 Å². The van der Waals surface area contributed by atoms with Gasteiger partial charge in [0.15, 0.2) is 0 Å². The van der Waals surface area contributed by atoms with E-state index < -0.39 is 10.0 Å². The van der Waals surface area contributed by atoms with Crippen molar-refractivity contribution in [2.24, 2.45) is 5.92 Å². The highest BCUT2D eigenvalue weighted by Gasteiger charge is 2.23. The maximum Gasteiger partial charge on any atom is 0.223 e. The third kappa shape index (κ3) is 8.46. The molecular formula is C17H34N4O4S. The molecule has 152 valence electrons. The minimum atomic E-state index is -3.35. The monoisotopic (exact) mass is 390 g/mol. The quantitative estimate of drug-likeness (QED) is 0.638. The number of nitrogens with one attached hydrogen (secondary N) is 2. The molecule has 0 aromatic carbocycles. The Labute approximate surface area is 157 Å². The van der Waals surface area contributed by atoms with Gasteiger partial charge in [-0.2, -0.15) is 0 Å². The van der Waals surface area contributed by atoms with Crippen LogP contribution < -0.4 is 10.6 Å². The molecule has 0 aromatic rings. The van der Waals surface area contributed by atoms with Crippen LogP contribution in [0.3, 0.4) is 0 Å². The van der Waals surface area contributed by atoms with Gasteiger partial charge in [0.2, 0.25) is 21.8 Å². The smallest absolute Gasteiger partial charge is 0.223 e. The third-order valence-electron chi connectivity index (χ3n) is 4.82. The molecule has 8 nitrogen and oxygen atoms in total. The number of carbonyl (C=O) groups excluding carboxylic acids is 2. The second-order valence-electron chi connectivity index (χ2n) is 6.71. The zero-order chi connectivity index (χ0) is 19.6. The maximum atomic E-state index is 12.5. The lowest BCUT2D eigenvalue weighted by Gasteiger charge is -2.21. The van der Waals surface area contributed by atoms with Crippen LogP contribution in [0.4, 0.5) is 0 Å². The van der Waals surface area contributed by atoms with E-state index in [1.807, 2.05) is 0 Å². The summed E-state index contributed by atoms with van der Waals surface area (Å²) in [7, 11) is -3.35. The minimum Gasteiger partial charge on any atom is -0.356 e. The largest absolute Gasteiger partial charge is 0.356 e. The molecule has 1 saturated heterocycles. The van der Waals surface area contributed by atoms with Crippen LogP contribution in [0.2, 0.25) is 0 Å². The Morgan fingerprint density at radius 3 is 2.58 bits per heavy atom. The van der Waals surface area contributed by atoms with Crippen LogP contribution in [0.1, 0.15) is 39.5 Å². The maximum absolute atomic E-state index is 12.5. The molecule has 26 heavy (non-hydrogen) atoms. The summed E-state index contributed by atoms with van der Waals surface area (Å²) in [5, 5.41) is 5.76. The molecule has 0 saturated carbocycles. The molecule has 1 heterocycles. The van der Waals surface area contributed by atoms with E-state index in [2.05, 4.69) is 29.4 Å². The van der Waals surface area contributed by atoms with Crippen LogP contribution in [0.5, 0.6) is 0 Å². The Bertz CT molecular complexity index is 549. The van der Waals surface area contributed by atoms with Crippen LogP contribution in [0.15, 0.2) is 0 Å². The molecule has 1 aliphatic heterocycles. The van der Waals surface area contributed by atoms with Crippen molar-refractivity contribution in [1.82, 2.24) is 19.8 Å². The zero-order valence-corrected chi connectivity index (χ0v) is 17.1. The first-order chi connectivity index (χ1) is 12.3. The van der Waals surface area contributed by atoms with Gasteiger partial charge in [0.05, 0.1) is 6.26 Å². The fourth-order valence-electron chi connectivity index (χ4n) is 3.09. The van der Waals surface area contributed by atoms with Gasteiger partial charge in [0.25, 0.3) is 0 Å². The molecule has 1 fully saturated rings. The van der Waals surface area contributed by atoms with Crippen molar-refractivity contribution >= 4 is 21.8 Å². The molecule has 1 rings (SSSR count). The number of likely N-dealkylation sites (N-methyl/N-ethyl adjacent to an activating group) is 1. The summed E-state index contributed by atoms with van der Waals surface area (Å²) in [6.45, 7) is 8.44. The number of hydrogen-bond acceptors (Lipinski definition) is 5. The molecule has 0 aromatic heterocycles. The second kappa shape index (κ2) is 11.5. The van der Waals surface area contributed by atoms with E-state index in [4.69, 9.17) is 0 Å². The molecule has 9 heteroatoms. The number of nitrogens with zero attached hydrogens (tertiary/aromatic N) is 2. The van der Waals surface area contributed by atoms with Crippen LogP contribution in [0.25, 0.3) is 0 Å². The lowest BCUT2D eigenvalue weighted by atomic mass is 9.98. The Kier molecular flexibility index (Phi) is 10.1. The average molecular weight is 391 g/mol. The van der Waals surface area contributed by atoms with E-state index in [1.165, 1.54) is 4.31 Å². The minimum absolute atomic E-state index is 0.0171. The van der Waals surface area contributed by atoms with E-state index in [1.54, 1.807) is 0 Å². The second-order valence-corrected chi connectivity index (χ2v) is 8.69. The summed E-state index contributed by atoms with van der Waals surface area (Å²) in [6.07, 6.45) is 3.09. The van der Waals surface area contributed by atoms with Crippen molar-refractivity contribution in [3.63, 3.8) is 0 Å². The van der Waals surface area contributed by atoms with Crippen LogP contribution in [-0.2, 0) is 19.6 Å². The van der Waals surface area contributed by atoms with Crippen molar-refractivity contribution in [1.29, 1.82) is 0 Å². The van der Waals surface area contributed by atoms with E-state index in [0.29, 0.717) is 38.9 Å².